The second-order valence-electron chi connectivity index (χ2n) is 5.04. The fourth-order valence-electron chi connectivity index (χ4n) is 1.99. The van der Waals surface area contributed by atoms with Gasteiger partial charge in [-0.05, 0) is 37.1 Å². The highest BCUT2D eigenvalue weighted by atomic mass is 19.1. The van der Waals surface area contributed by atoms with Crippen LogP contribution in [-0.4, -0.2) is 9.55 Å². The zero-order chi connectivity index (χ0) is 14.7. The first-order valence-corrected chi connectivity index (χ1v) is 6.77. The van der Waals surface area contributed by atoms with Crippen LogP contribution in [-0.2, 0) is 6.54 Å². The monoisotopic (exact) mass is 277 g/mol. The topological polar surface area (TPSA) is 53.1 Å². The Hall–Kier alpha value is -1.88. The lowest BCUT2D eigenvalue weighted by Crippen LogP contribution is -2.20. The van der Waals surface area contributed by atoms with Crippen LogP contribution in [0.2, 0.25) is 0 Å². The van der Waals surface area contributed by atoms with Crippen LogP contribution < -0.4 is 10.5 Å². The van der Waals surface area contributed by atoms with Crippen LogP contribution in [0.3, 0.4) is 0 Å². The number of nitrogens with zero attached hydrogens (tertiary/aromatic N) is 2. The second-order valence-corrected chi connectivity index (χ2v) is 5.04. The summed E-state index contributed by atoms with van der Waals surface area (Å²) in [6, 6.07) is 6.25. The molecule has 5 heteroatoms. The summed E-state index contributed by atoms with van der Waals surface area (Å²) in [6.45, 7) is 6.86. The normalized spacial score (nSPS) is 12.7. The molecule has 2 rings (SSSR count). The molecule has 1 atom stereocenters. The van der Waals surface area contributed by atoms with Crippen molar-refractivity contribution in [3.8, 4) is 11.8 Å². The van der Waals surface area contributed by atoms with E-state index in [1.165, 1.54) is 12.1 Å². The number of hydrogen-bond acceptors (Lipinski definition) is 3. The van der Waals surface area contributed by atoms with E-state index in [2.05, 4.69) is 18.8 Å². The molecule has 0 aliphatic rings. The van der Waals surface area contributed by atoms with Crippen molar-refractivity contribution in [1.29, 1.82) is 0 Å². The van der Waals surface area contributed by atoms with Gasteiger partial charge < -0.3 is 10.5 Å². The van der Waals surface area contributed by atoms with Crippen molar-refractivity contribution < 1.29 is 9.13 Å². The maximum atomic E-state index is 12.9. The zero-order valence-electron chi connectivity index (χ0n) is 12.0. The summed E-state index contributed by atoms with van der Waals surface area (Å²) in [7, 11) is 0. The molecule has 20 heavy (non-hydrogen) atoms. The number of rotatable bonds is 5. The maximum Gasteiger partial charge on any atom is 0.302 e. The minimum Gasteiger partial charge on any atom is -0.426 e. The van der Waals surface area contributed by atoms with Gasteiger partial charge in [-0.2, -0.15) is 0 Å². The van der Waals surface area contributed by atoms with E-state index in [1.54, 1.807) is 18.3 Å². The Morgan fingerprint density at radius 1 is 1.30 bits per heavy atom. The molecule has 2 N–H and O–H groups in total. The van der Waals surface area contributed by atoms with Crippen LogP contribution in [0.4, 0.5) is 4.39 Å². The Labute approximate surface area is 118 Å². The molecule has 1 aromatic carbocycles. The van der Waals surface area contributed by atoms with Crippen molar-refractivity contribution >= 4 is 0 Å². The van der Waals surface area contributed by atoms with E-state index >= 15 is 0 Å². The van der Waals surface area contributed by atoms with Gasteiger partial charge in [-0.3, -0.25) is 4.57 Å². The summed E-state index contributed by atoms with van der Waals surface area (Å²) in [4.78, 5) is 4.28. The van der Waals surface area contributed by atoms with Gasteiger partial charge in [0.2, 0.25) is 0 Å². The van der Waals surface area contributed by atoms with Gasteiger partial charge >= 0.3 is 6.01 Å². The first kappa shape index (κ1) is 14.5. The Morgan fingerprint density at radius 2 is 1.95 bits per heavy atom. The minimum atomic E-state index is -0.293. The Morgan fingerprint density at radius 3 is 2.50 bits per heavy atom. The lowest BCUT2D eigenvalue weighted by Gasteiger charge is -2.18. The molecule has 0 bridgehead atoms. The number of hydrogen-bond donors (Lipinski definition) is 1. The van der Waals surface area contributed by atoms with Crippen molar-refractivity contribution in [3.05, 3.63) is 42.0 Å². The third-order valence-corrected chi connectivity index (χ3v) is 3.25. The highest BCUT2D eigenvalue weighted by Gasteiger charge is 2.18. The van der Waals surface area contributed by atoms with Gasteiger partial charge in [0.05, 0.1) is 11.9 Å². The molecule has 1 aromatic heterocycles. The molecule has 0 aliphatic heterocycles. The molecule has 0 aliphatic carbocycles. The first-order valence-electron chi connectivity index (χ1n) is 6.77. The summed E-state index contributed by atoms with van der Waals surface area (Å²) in [6.07, 6.45) is 1.74. The highest BCUT2D eigenvalue weighted by molar-refractivity contribution is 5.26. The Bertz CT molecular complexity index is 563. The molecular weight excluding hydrogens is 257 g/mol. The summed E-state index contributed by atoms with van der Waals surface area (Å²) in [5.74, 6) is 0.575. The van der Waals surface area contributed by atoms with Crippen molar-refractivity contribution in [1.82, 2.24) is 9.55 Å². The standard InChI is InChI=1S/C15H20FN3O/c1-4-19-13(14(17)10(2)3)9-18-15(19)20-12-7-5-11(16)6-8-12/h5-10,14H,4,17H2,1-3H3. The highest BCUT2D eigenvalue weighted by Crippen LogP contribution is 2.26. The predicted octanol–water partition coefficient (Wildman–Crippen LogP) is 3.49. The molecule has 1 unspecified atom stereocenters. The van der Waals surface area contributed by atoms with E-state index < -0.39 is 0 Å². The predicted molar refractivity (Wildman–Crippen MR) is 76.1 cm³/mol. The lowest BCUT2D eigenvalue weighted by molar-refractivity contribution is 0.399. The van der Waals surface area contributed by atoms with Gasteiger partial charge in [-0.15, -0.1) is 0 Å². The van der Waals surface area contributed by atoms with Crippen LogP contribution in [0.25, 0.3) is 0 Å². The Balaban J connectivity index is 2.26. The molecule has 0 radical (unpaired) electrons. The SMILES string of the molecule is CCn1c(C(N)C(C)C)cnc1Oc1ccc(F)cc1. The third-order valence-electron chi connectivity index (χ3n) is 3.25. The molecule has 2 aromatic rings. The van der Waals surface area contributed by atoms with Gasteiger partial charge in [0.15, 0.2) is 0 Å². The summed E-state index contributed by atoms with van der Waals surface area (Å²) in [5.41, 5.74) is 7.12. The smallest absolute Gasteiger partial charge is 0.302 e. The van der Waals surface area contributed by atoms with E-state index in [0.717, 1.165) is 5.69 Å². The summed E-state index contributed by atoms with van der Waals surface area (Å²) >= 11 is 0. The average Bonchev–Trinajstić information content (AvgIpc) is 2.83. The summed E-state index contributed by atoms with van der Waals surface area (Å²) < 4.78 is 20.5. The number of benzene rings is 1. The van der Waals surface area contributed by atoms with E-state index in [1.807, 2.05) is 11.5 Å². The largest absolute Gasteiger partial charge is 0.426 e. The number of imidazole rings is 1. The number of halogens is 1. The van der Waals surface area contributed by atoms with E-state index in [4.69, 9.17) is 10.5 Å². The zero-order valence-corrected chi connectivity index (χ0v) is 12.0. The van der Waals surface area contributed by atoms with Crippen molar-refractivity contribution in [2.75, 3.05) is 0 Å². The van der Waals surface area contributed by atoms with Crippen LogP contribution in [0.1, 0.15) is 32.5 Å². The number of ether oxygens (including phenoxy) is 1. The number of nitrogens with two attached hydrogens (primary N) is 1. The van der Waals surface area contributed by atoms with Crippen LogP contribution in [0.5, 0.6) is 11.8 Å². The van der Waals surface area contributed by atoms with Gasteiger partial charge in [-0.1, -0.05) is 13.8 Å². The van der Waals surface area contributed by atoms with Gasteiger partial charge in [0.25, 0.3) is 0 Å². The molecule has 0 fully saturated rings. The van der Waals surface area contributed by atoms with Crippen LogP contribution >= 0.6 is 0 Å². The Kier molecular flexibility index (Phi) is 4.39. The van der Waals surface area contributed by atoms with Crippen LogP contribution in [0.15, 0.2) is 30.5 Å². The fraction of sp³-hybridized carbons (Fsp3) is 0.400. The molecule has 0 saturated heterocycles. The third kappa shape index (κ3) is 2.99. The molecule has 0 spiro atoms. The number of aromatic nitrogens is 2. The first-order chi connectivity index (χ1) is 9.52. The van der Waals surface area contributed by atoms with Crippen molar-refractivity contribution in [2.45, 2.75) is 33.4 Å². The lowest BCUT2D eigenvalue weighted by atomic mass is 10.0. The van der Waals surface area contributed by atoms with Crippen LogP contribution in [0, 0.1) is 11.7 Å². The minimum absolute atomic E-state index is 0.0898. The summed E-state index contributed by atoms with van der Waals surface area (Å²) in [5, 5.41) is 0. The molecule has 108 valence electrons. The molecule has 0 amide bonds. The second kappa shape index (κ2) is 6.05. The molecule has 0 saturated carbocycles. The van der Waals surface area contributed by atoms with Gasteiger partial charge in [0.1, 0.15) is 11.6 Å². The average molecular weight is 277 g/mol. The molecular formula is C15H20FN3O. The van der Waals surface area contributed by atoms with Gasteiger partial charge in [0, 0.05) is 12.6 Å². The van der Waals surface area contributed by atoms with Crippen molar-refractivity contribution in [3.63, 3.8) is 0 Å². The fourth-order valence-corrected chi connectivity index (χ4v) is 1.99. The molecule has 4 nitrogen and oxygen atoms in total. The maximum absolute atomic E-state index is 12.9. The molecule has 1 heterocycles. The van der Waals surface area contributed by atoms with E-state index in [0.29, 0.717) is 24.2 Å². The van der Waals surface area contributed by atoms with E-state index in [9.17, 15) is 4.39 Å². The quantitative estimate of drug-likeness (QED) is 0.910. The van der Waals surface area contributed by atoms with Crippen molar-refractivity contribution in [2.24, 2.45) is 11.7 Å². The van der Waals surface area contributed by atoms with E-state index in [-0.39, 0.29) is 11.9 Å². The van der Waals surface area contributed by atoms with Gasteiger partial charge in [-0.25, -0.2) is 9.37 Å².